The van der Waals surface area contributed by atoms with Crippen LogP contribution < -0.4 is 10.7 Å². The van der Waals surface area contributed by atoms with Crippen molar-refractivity contribution in [3.8, 4) is 5.75 Å². The molecule has 2 amide bonds. The highest BCUT2D eigenvalue weighted by Gasteiger charge is 2.30. The van der Waals surface area contributed by atoms with Crippen molar-refractivity contribution in [3.63, 3.8) is 0 Å². The fourth-order valence-electron chi connectivity index (χ4n) is 2.11. The van der Waals surface area contributed by atoms with Gasteiger partial charge < -0.3 is 10.4 Å². The molecule has 12 heteroatoms. The highest BCUT2D eigenvalue weighted by Crippen LogP contribution is 2.30. The third-order valence-corrected chi connectivity index (χ3v) is 3.39. The van der Waals surface area contributed by atoms with Crippen molar-refractivity contribution in [1.82, 2.24) is 5.43 Å². The van der Waals surface area contributed by atoms with E-state index in [1.807, 2.05) is 5.43 Å². The van der Waals surface area contributed by atoms with Crippen LogP contribution in [0.15, 0.2) is 47.6 Å². The molecule has 0 saturated heterocycles. The molecule has 0 aliphatic carbocycles. The van der Waals surface area contributed by atoms with E-state index >= 15 is 0 Å². The summed E-state index contributed by atoms with van der Waals surface area (Å²) in [6.45, 7) is 0. The van der Waals surface area contributed by atoms with E-state index < -0.39 is 46.3 Å². The minimum Gasteiger partial charge on any atom is -0.502 e. The normalized spacial score (nSPS) is 11.3. The molecule has 2 aromatic carbocycles. The van der Waals surface area contributed by atoms with Gasteiger partial charge >= 0.3 is 11.9 Å². The van der Waals surface area contributed by atoms with Crippen LogP contribution in [0.1, 0.15) is 17.5 Å². The fourth-order valence-corrected chi connectivity index (χ4v) is 2.11. The van der Waals surface area contributed by atoms with Crippen molar-refractivity contribution < 1.29 is 32.8 Å². The summed E-state index contributed by atoms with van der Waals surface area (Å²) in [6.07, 6.45) is -4.24. The Balaban J connectivity index is 1.91. The van der Waals surface area contributed by atoms with Crippen LogP contribution in [0.25, 0.3) is 0 Å². The predicted octanol–water partition coefficient (Wildman–Crippen LogP) is 2.80. The summed E-state index contributed by atoms with van der Waals surface area (Å²) in [5, 5.41) is 25.8. The highest BCUT2D eigenvalue weighted by molar-refractivity contribution is 6.03. The van der Waals surface area contributed by atoms with E-state index in [2.05, 4.69) is 10.4 Å². The van der Waals surface area contributed by atoms with Gasteiger partial charge in [-0.3, -0.25) is 19.7 Å². The lowest BCUT2D eigenvalue weighted by molar-refractivity contribution is -0.385. The van der Waals surface area contributed by atoms with Crippen LogP contribution in [0, 0.1) is 10.1 Å². The SMILES string of the molecule is O=C(CC(=O)Nc1cccc(C(F)(F)F)c1)N/N=C/c1ccc(O)c([N+](=O)[O-])c1. The van der Waals surface area contributed by atoms with Gasteiger partial charge in [-0.15, -0.1) is 0 Å². The number of benzene rings is 2. The number of nitrogens with one attached hydrogen (secondary N) is 2. The first-order valence-corrected chi connectivity index (χ1v) is 7.82. The van der Waals surface area contributed by atoms with Gasteiger partial charge in [-0.25, -0.2) is 5.43 Å². The van der Waals surface area contributed by atoms with E-state index in [1.54, 1.807) is 0 Å². The molecule has 9 nitrogen and oxygen atoms in total. The second-order valence-corrected chi connectivity index (χ2v) is 5.60. The van der Waals surface area contributed by atoms with E-state index in [9.17, 15) is 38.0 Å². The number of amides is 2. The molecule has 2 aromatic rings. The zero-order valence-corrected chi connectivity index (χ0v) is 14.4. The quantitative estimate of drug-likeness (QED) is 0.291. The lowest BCUT2D eigenvalue weighted by Crippen LogP contribution is -2.24. The Hall–Kier alpha value is -3.96. The first kappa shape index (κ1) is 21.3. The third-order valence-electron chi connectivity index (χ3n) is 3.39. The molecule has 3 N–H and O–H groups in total. The number of hydrogen-bond donors (Lipinski definition) is 3. The Morgan fingerprint density at radius 1 is 1.17 bits per heavy atom. The number of halogens is 3. The Labute approximate surface area is 161 Å². The molecule has 0 fully saturated rings. The third kappa shape index (κ3) is 6.30. The molecular weight excluding hydrogens is 397 g/mol. The molecule has 0 aromatic heterocycles. The van der Waals surface area contributed by atoms with Crippen molar-refractivity contribution in [2.75, 3.05) is 5.32 Å². The number of nitro benzene ring substituents is 1. The van der Waals surface area contributed by atoms with Gasteiger partial charge in [0.05, 0.1) is 16.7 Å². The number of hydrazone groups is 1. The molecule has 0 heterocycles. The van der Waals surface area contributed by atoms with E-state index in [-0.39, 0.29) is 11.3 Å². The van der Waals surface area contributed by atoms with E-state index in [0.29, 0.717) is 0 Å². The largest absolute Gasteiger partial charge is 0.502 e. The Kier molecular flexibility index (Phi) is 6.49. The first-order chi connectivity index (χ1) is 13.6. The Morgan fingerprint density at radius 2 is 1.90 bits per heavy atom. The van der Waals surface area contributed by atoms with Crippen LogP contribution in [0.5, 0.6) is 5.75 Å². The maximum Gasteiger partial charge on any atom is 0.416 e. The average molecular weight is 410 g/mol. The lowest BCUT2D eigenvalue weighted by atomic mass is 10.2. The van der Waals surface area contributed by atoms with Gasteiger partial charge in [0.15, 0.2) is 5.75 Å². The fraction of sp³-hybridized carbons (Fsp3) is 0.118. The van der Waals surface area contributed by atoms with Gasteiger partial charge in [-0.2, -0.15) is 18.3 Å². The topological polar surface area (TPSA) is 134 Å². The molecule has 0 unspecified atom stereocenters. The summed E-state index contributed by atoms with van der Waals surface area (Å²) < 4.78 is 37.9. The van der Waals surface area contributed by atoms with Gasteiger partial charge in [0.1, 0.15) is 6.42 Å². The second kappa shape index (κ2) is 8.82. The number of nitrogens with zero attached hydrogens (tertiary/aromatic N) is 2. The number of rotatable bonds is 6. The highest BCUT2D eigenvalue weighted by atomic mass is 19.4. The van der Waals surface area contributed by atoms with Crippen LogP contribution in [0.4, 0.5) is 24.5 Å². The maximum atomic E-state index is 12.6. The summed E-state index contributed by atoms with van der Waals surface area (Å²) >= 11 is 0. The maximum absolute atomic E-state index is 12.6. The molecule has 0 atom stereocenters. The number of carbonyl (C=O) groups excluding carboxylic acids is 2. The molecule has 0 bridgehead atoms. The number of carbonyl (C=O) groups is 2. The molecule has 0 radical (unpaired) electrons. The number of hydrogen-bond acceptors (Lipinski definition) is 6. The van der Waals surface area contributed by atoms with E-state index in [0.717, 1.165) is 36.5 Å². The van der Waals surface area contributed by atoms with Gasteiger partial charge in [0.25, 0.3) is 0 Å². The summed E-state index contributed by atoms with van der Waals surface area (Å²) in [4.78, 5) is 33.4. The van der Waals surface area contributed by atoms with E-state index in [1.165, 1.54) is 12.1 Å². The molecular formula is C17H13F3N4O5. The van der Waals surface area contributed by atoms with Crippen LogP contribution in [-0.2, 0) is 15.8 Å². The summed E-state index contributed by atoms with van der Waals surface area (Å²) in [5.74, 6) is -2.27. The smallest absolute Gasteiger partial charge is 0.416 e. The molecule has 152 valence electrons. The van der Waals surface area contributed by atoms with Crippen molar-refractivity contribution in [1.29, 1.82) is 0 Å². The van der Waals surface area contributed by atoms with Crippen LogP contribution >= 0.6 is 0 Å². The van der Waals surface area contributed by atoms with Gasteiger partial charge in [-0.1, -0.05) is 6.07 Å². The first-order valence-electron chi connectivity index (χ1n) is 7.82. The standard InChI is InChI=1S/C17H13F3N4O5/c18-17(19,20)11-2-1-3-12(7-11)22-15(26)8-16(27)23-21-9-10-4-5-14(25)13(6-10)24(28)29/h1-7,9,25H,8H2,(H,22,26)(H,23,27)/b21-9+. The number of phenolic OH excluding ortho intramolecular Hbond substituents is 1. The monoisotopic (exact) mass is 410 g/mol. The van der Waals surface area contributed by atoms with Crippen LogP contribution in [-0.4, -0.2) is 28.1 Å². The van der Waals surface area contributed by atoms with Gasteiger partial charge in [-0.05, 0) is 30.3 Å². The average Bonchev–Trinajstić information content (AvgIpc) is 2.62. The number of alkyl halides is 3. The van der Waals surface area contributed by atoms with Gasteiger partial charge in [0.2, 0.25) is 11.8 Å². The predicted molar refractivity (Wildman–Crippen MR) is 95.2 cm³/mol. The lowest BCUT2D eigenvalue weighted by Gasteiger charge is -2.09. The summed E-state index contributed by atoms with van der Waals surface area (Å²) in [6, 6.07) is 7.31. The summed E-state index contributed by atoms with van der Waals surface area (Å²) in [5.41, 5.74) is 0.568. The van der Waals surface area contributed by atoms with E-state index in [4.69, 9.17) is 0 Å². The molecule has 29 heavy (non-hydrogen) atoms. The molecule has 0 saturated carbocycles. The van der Waals surface area contributed by atoms with Crippen LogP contribution in [0.3, 0.4) is 0 Å². The summed E-state index contributed by atoms with van der Waals surface area (Å²) in [7, 11) is 0. The Bertz CT molecular complexity index is 976. The minimum absolute atomic E-state index is 0.127. The van der Waals surface area contributed by atoms with Crippen molar-refractivity contribution in [2.24, 2.45) is 5.10 Å². The Morgan fingerprint density at radius 3 is 2.55 bits per heavy atom. The van der Waals surface area contributed by atoms with Crippen molar-refractivity contribution >= 4 is 29.4 Å². The van der Waals surface area contributed by atoms with Gasteiger partial charge in [0, 0.05) is 17.3 Å². The molecule has 0 aliphatic rings. The number of phenols is 1. The number of nitro groups is 1. The molecule has 2 rings (SSSR count). The molecule has 0 spiro atoms. The van der Waals surface area contributed by atoms with Crippen LogP contribution in [0.2, 0.25) is 0 Å². The second-order valence-electron chi connectivity index (χ2n) is 5.60. The minimum atomic E-state index is -4.57. The zero-order valence-electron chi connectivity index (χ0n) is 14.4. The number of anilines is 1. The zero-order chi connectivity index (χ0) is 21.6. The van der Waals surface area contributed by atoms with Crippen molar-refractivity contribution in [2.45, 2.75) is 12.6 Å². The molecule has 0 aliphatic heterocycles. The number of aromatic hydroxyl groups is 1. The van der Waals surface area contributed by atoms with Crippen molar-refractivity contribution in [3.05, 3.63) is 63.7 Å².